The van der Waals surface area contributed by atoms with Crippen LogP contribution in [0.4, 0.5) is 0 Å². The number of methoxy groups -OCH3 is 1. The zero-order valence-corrected chi connectivity index (χ0v) is 25.2. The molecule has 0 unspecified atom stereocenters. The van der Waals surface area contributed by atoms with E-state index < -0.39 is 12.0 Å². The lowest BCUT2D eigenvalue weighted by atomic mass is 9.91. The average Bonchev–Trinajstić information content (AvgIpc) is 3.31. The SMILES string of the molecule is CCOC(=O)C1=C(c2ccccc2)N=c2s/c(=C\c3ccc(OC)c(OCC)c3)c(=O)n2[C@H]1c1ccc(C(C)C)cc1. The molecule has 216 valence electrons. The Kier molecular flexibility index (Phi) is 8.73. The second-order valence-corrected chi connectivity index (χ2v) is 11.1. The molecule has 5 rings (SSSR count). The number of fused-ring (bicyclic) bond motifs is 1. The molecule has 2 heterocycles. The highest BCUT2D eigenvalue weighted by Crippen LogP contribution is 2.35. The molecule has 0 bridgehead atoms. The van der Waals surface area contributed by atoms with Gasteiger partial charge in [0, 0.05) is 5.56 Å². The van der Waals surface area contributed by atoms with Crippen LogP contribution in [-0.4, -0.2) is 30.9 Å². The highest BCUT2D eigenvalue weighted by atomic mass is 32.1. The maximum absolute atomic E-state index is 14.1. The van der Waals surface area contributed by atoms with Gasteiger partial charge in [0.05, 0.1) is 42.2 Å². The molecule has 0 saturated carbocycles. The number of benzene rings is 3. The first kappa shape index (κ1) is 29.1. The fourth-order valence-corrected chi connectivity index (χ4v) is 6.02. The van der Waals surface area contributed by atoms with Gasteiger partial charge in [-0.2, -0.15) is 0 Å². The van der Waals surface area contributed by atoms with Crippen molar-refractivity contribution in [2.45, 2.75) is 39.7 Å². The molecule has 0 saturated heterocycles. The largest absolute Gasteiger partial charge is 0.493 e. The van der Waals surface area contributed by atoms with E-state index in [1.54, 1.807) is 18.6 Å². The van der Waals surface area contributed by atoms with Crippen LogP contribution in [0.3, 0.4) is 0 Å². The summed E-state index contributed by atoms with van der Waals surface area (Å²) in [6, 6.07) is 22.5. The van der Waals surface area contributed by atoms with Crippen molar-refractivity contribution in [2.24, 2.45) is 4.99 Å². The van der Waals surface area contributed by atoms with Crippen LogP contribution in [0.1, 0.15) is 61.9 Å². The van der Waals surface area contributed by atoms with E-state index in [4.69, 9.17) is 19.2 Å². The number of thiazole rings is 1. The van der Waals surface area contributed by atoms with Crippen LogP contribution < -0.4 is 24.4 Å². The molecule has 0 radical (unpaired) electrons. The average molecular weight is 583 g/mol. The van der Waals surface area contributed by atoms with Gasteiger partial charge in [-0.15, -0.1) is 0 Å². The van der Waals surface area contributed by atoms with E-state index in [1.165, 1.54) is 16.9 Å². The van der Waals surface area contributed by atoms with Gasteiger partial charge in [0.1, 0.15) is 0 Å². The minimum absolute atomic E-state index is 0.202. The third-order valence-electron chi connectivity index (χ3n) is 7.08. The molecule has 1 aliphatic rings. The number of carbonyl (C=O) groups excluding carboxylic acids is 1. The zero-order valence-electron chi connectivity index (χ0n) is 24.4. The molecule has 0 spiro atoms. The van der Waals surface area contributed by atoms with Crippen LogP contribution in [0.2, 0.25) is 0 Å². The Morgan fingerprint density at radius 2 is 1.74 bits per heavy atom. The Bertz CT molecular complexity index is 1800. The van der Waals surface area contributed by atoms with E-state index in [0.29, 0.717) is 44.6 Å². The minimum Gasteiger partial charge on any atom is -0.493 e. The monoisotopic (exact) mass is 582 g/mol. The summed E-state index contributed by atoms with van der Waals surface area (Å²) in [7, 11) is 1.59. The topological polar surface area (TPSA) is 79.1 Å². The molecule has 0 aliphatic carbocycles. The van der Waals surface area contributed by atoms with Crippen LogP contribution in [0.15, 0.2) is 88.2 Å². The van der Waals surface area contributed by atoms with Crippen LogP contribution in [0.5, 0.6) is 11.5 Å². The van der Waals surface area contributed by atoms with Gasteiger partial charge in [0.2, 0.25) is 0 Å². The molecular formula is C34H34N2O5S. The predicted octanol–water partition coefficient (Wildman–Crippen LogP) is 5.47. The van der Waals surface area contributed by atoms with Crippen LogP contribution >= 0.6 is 11.3 Å². The molecule has 0 fully saturated rings. The normalized spacial score (nSPS) is 14.9. The summed E-state index contributed by atoms with van der Waals surface area (Å²) < 4.78 is 18.8. The Hall–Kier alpha value is -4.43. The number of nitrogens with zero attached hydrogens (tertiary/aromatic N) is 2. The Balaban J connectivity index is 1.77. The summed E-state index contributed by atoms with van der Waals surface area (Å²) in [4.78, 5) is 33.2. The Morgan fingerprint density at radius 1 is 1.00 bits per heavy atom. The van der Waals surface area contributed by atoms with Crippen LogP contribution in [0.25, 0.3) is 11.8 Å². The van der Waals surface area contributed by atoms with Crippen molar-refractivity contribution in [3.05, 3.63) is 120 Å². The first-order valence-corrected chi connectivity index (χ1v) is 14.9. The lowest BCUT2D eigenvalue weighted by Gasteiger charge is -2.26. The van der Waals surface area contributed by atoms with Crippen molar-refractivity contribution in [2.75, 3.05) is 20.3 Å². The maximum atomic E-state index is 14.1. The molecule has 8 heteroatoms. The molecule has 7 nitrogen and oxygen atoms in total. The summed E-state index contributed by atoms with van der Waals surface area (Å²) in [5.41, 5.74) is 4.14. The quantitative estimate of drug-likeness (QED) is 0.245. The van der Waals surface area contributed by atoms with E-state index in [-0.39, 0.29) is 12.2 Å². The fraction of sp³-hybridized carbons (Fsp3) is 0.265. The second-order valence-electron chi connectivity index (χ2n) is 10.1. The highest BCUT2D eigenvalue weighted by molar-refractivity contribution is 7.07. The van der Waals surface area contributed by atoms with E-state index in [9.17, 15) is 9.59 Å². The van der Waals surface area contributed by atoms with Crippen molar-refractivity contribution in [1.82, 2.24) is 4.57 Å². The first-order chi connectivity index (χ1) is 20.4. The van der Waals surface area contributed by atoms with Gasteiger partial charge in [-0.25, -0.2) is 9.79 Å². The van der Waals surface area contributed by atoms with E-state index >= 15 is 0 Å². The summed E-state index contributed by atoms with van der Waals surface area (Å²) >= 11 is 1.29. The lowest BCUT2D eigenvalue weighted by molar-refractivity contribution is -0.138. The molecule has 3 aromatic carbocycles. The number of hydrogen-bond donors (Lipinski definition) is 0. The van der Waals surface area contributed by atoms with Crippen molar-refractivity contribution in [3.8, 4) is 11.5 Å². The number of hydrogen-bond acceptors (Lipinski definition) is 7. The Labute approximate surface area is 249 Å². The summed E-state index contributed by atoms with van der Waals surface area (Å²) in [6.45, 7) is 8.62. The lowest BCUT2D eigenvalue weighted by Crippen LogP contribution is -2.40. The zero-order chi connectivity index (χ0) is 29.8. The molecule has 0 N–H and O–H groups in total. The minimum atomic E-state index is -0.714. The number of carbonyl (C=O) groups is 1. The van der Waals surface area contributed by atoms with E-state index in [1.807, 2.05) is 85.8 Å². The molecule has 1 atom stereocenters. The first-order valence-electron chi connectivity index (χ1n) is 14.0. The molecule has 1 aromatic heterocycles. The number of aromatic nitrogens is 1. The summed E-state index contributed by atoms with van der Waals surface area (Å²) in [6.07, 6.45) is 1.82. The van der Waals surface area contributed by atoms with Crippen LogP contribution in [0, 0.1) is 0 Å². The van der Waals surface area contributed by atoms with Gasteiger partial charge >= 0.3 is 5.97 Å². The number of ether oxygens (including phenoxy) is 3. The van der Waals surface area contributed by atoms with E-state index in [2.05, 4.69) is 13.8 Å². The van der Waals surface area contributed by atoms with Crippen LogP contribution in [-0.2, 0) is 9.53 Å². The van der Waals surface area contributed by atoms with Crippen molar-refractivity contribution in [3.63, 3.8) is 0 Å². The van der Waals surface area contributed by atoms with E-state index in [0.717, 1.165) is 16.7 Å². The van der Waals surface area contributed by atoms with Crippen molar-refractivity contribution < 1.29 is 19.0 Å². The fourth-order valence-electron chi connectivity index (χ4n) is 5.02. The third kappa shape index (κ3) is 5.67. The van der Waals surface area contributed by atoms with Crippen molar-refractivity contribution in [1.29, 1.82) is 0 Å². The van der Waals surface area contributed by atoms with Gasteiger partial charge < -0.3 is 14.2 Å². The second kappa shape index (κ2) is 12.6. The number of rotatable bonds is 9. The summed E-state index contributed by atoms with van der Waals surface area (Å²) in [5.74, 6) is 1.06. The van der Waals surface area contributed by atoms with Gasteiger partial charge in [0.25, 0.3) is 5.56 Å². The molecule has 1 aliphatic heterocycles. The highest BCUT2D eigenvalue weighted by Gasteiger charge is 2.35. The van der Waals surface area contributed by atoms with Gasteiger partial charge in [-0.1, -0.05) is 85.8 Å². The molecule has 42 heavy (non-hydrogen) atoms. The van der Waals surface area contributed by atoms with Gasteiger partial charge in [0.15, 0.2) is 16.3 Å². The standard InChI is InChI=1S/C34H34N2O5S/c1-6-40-27-19-22(13-18-26(27)39-5)20-28-32(37)36-31(25-16-14-23(15-17-25)21(3)4)29(33(38)41-7-2)30(35-34(36)42-28)24-11-9-8-10-12-24/h8-21,31H,6-7H2,1-5H3/b28-20-/t31-/m0/s1. The van der Waals surface area contributed by atoms with Gasteiger partial charge in [-0.05, 0) is 54.7 Å². The molecule has 0 amide bonds. The smallest absolute Gasteiger partial charge is 0.338 e. The Morgan fingerprint density at radius 3 is 2.38 bits per heavy atom. The predicted molar refractivity (Wildman–Crippen MR) is 166 cm³/mol. The third-order valence-corrected chi connectivity index (χ3v) is 8.06. The number of esters is 1. The van der Waals surface area contributed by atoms with Crippen molar-refractivity contribution >= 4 is 29.1 Å². The molecule has 4 aromatic rings. The molecular weight excluding hydrogens is 548 g/mol. The van der Waals surface area contributed by atoms with Gasteiger partial charge in [-0.3, -0.25) is 9.36 Å². The maximum Gasteiger partial charge on any atom is 0.338 e. The summed E-state index contributed by atoms with van der Waals surface area (Å²) in [5, 5.41) is 0.